The molecule has 0 radical (unpaired) electrons. The van der Waals surface area contributed by atoms with Crippen molar-refractivity contribution in [2.75, 3.05) is 12.9 Å². The molecule has 0 aromatic rings. The molecule has 11 heteroatoms. The van der Waals surface area contributed by atoms with Crippen LogP contribution in [0.3, 0.4) is 0 Å². The molecule has 0 aromatic carbocycles. The van der Waals surface area contributed by atoms with Crippen LogP contribution in [-0.2, 0) is 28.7 Å². The zero-order valence-electron chi connectivity index (χ0n) is 19.5. The zero-order valence-corrected chi connectivity index (χ0v) is 20.3. The van der Waals surface area contributed by atoms with Crippen LogP contribution in [0.5, 0.6) is 0 Å². The van der Waals surface area contributed by atoms with Crippen LogP contribution >= 0.6 is 11.8 Å². The number of hydrogen-bond acceptors (Lipinski definition) is 8. The molecule has 32 heavy (non-hydrogen) atoms. The molecule has 10 nitrogen and oxygen atoms in total. The number of esters is 1. The van der Waals surface area contributed by atoms with Gasteiger partial charge >= 0.3 is 18.0 Å². The average Bonchev–Trinajstić information content (AvgIpc) is 2.98. The van der Waals surface area contributed by atoms with E-state index in [1.807, 2.05) is 13.8 Å². The van der Waals surface area contributed by atoms with E-state index in [-0.39, 0.29) is 18.6 Å². The van der Waals surface area contributed by atoms with Gasteiger partial charge in [-0.15, -0.1) is 11.8 Å². The minimum atomic E-state index is -1.21. The molecule has 1 heterocycles. The summed E-state index contributed by atoms with van der Waals surface area (Å²) in [4.78, 5) is 61.0. The van der Waals surface area contributed by atoms with Crippen LogP contribution in [0.25, 0.3) is 0 Å². The lowest BCUT2D eigenvalue weighted by Crippen LogP contribution is -2.48. The third kappa shape index (κ3) is 7.99. The maximum atomic E-state index is 13.0. The van der Waals surface area contributed by atoms with E-state index in [1.165, 1.54) is 23.8 Å². The molecule has 1 rings (SSSR count). The summed E-state index contributed by atoms with van der Waals surface area (Å²) in [5.74, 6) is -2.94. The Morgan fingerprint density at radius 1 is 1.22 bits per heavy atom. The van der Waals surface area contributed by atoms with Crippen LogP contribution < -0.4 is 5.32 Å². The number of carboxylic acids is 1. The Bertz CT molecular complexity index is 719. The summed E-state index contributed by atoms with van der Waals surface area (Å²) >= 11 is 1.45. The largest absolute Gasteiger partial charge is 0.480 e. The highest BCUT2D eigenvalue weighted by atomic mass is 32.2. The summed E-state index contributed by atoms with van der Waals surface area (Å²) in [6.07, 6.45) is 0.743. The fraction of sp³-hybridized carbons (Fsp3) is 0.762. The Kier molecular flexibility index (Phi) is 9.99. The highest BCUT2D eigenvalue weighted by molar-refractivity contribution is 8.00. The number of alkyl carbamates (subject to hydrolysis) is 1. The maximum absolute atomic E-state index is 13.0. The van der Waals surface area contributed by atoms with Crippen molar-refractivity contribution in [1.29, 1.82) is 0 Å². The fourth-order valence-electron chi connectivity index (χ4n) is 3.39. The number of nitrogens with zero attached hydrogens (tertiary/aromatic N) is 1. The number of rotatable bonds is 11. The summed E-state index contributed by atoms with van der Waals surface area (Å²) in [5, 5.41) is 11.7. The Labute approximate surface area is 192 Å². The standard InChI is InChI=1S/C21H34N2O8S/c1-20(2,3)31-19(29)22-14(17(26)27)10-8-7-9-13(18(28)30-6)16(25)15-11-32-21(4,5)23(15)12-24/h12-15H,7-11H2,1-6H3,(H,22,29)(H,26,27)/t13?,14-,15?/m0/s1. The lowest BCUT2D eigenvalue weighted by atomic mass is 9.91. The highest BCUT2D eigenvalue weighted by Crippen LogP contribution is 2.39. The van der Waals surface area contributed by atoms with E-state index in [0.717, 1.165) is 0 Å². The zero-order chi connectivity index (χ0) is 24.7. The predicted octanol–water partition coefficient (Wildman–Crippen LogP) is 2.19. The highest BCUT2D eigenvalue weighted by Gasteiger charge is 2.46. The van der Waals surface area contributed by atoms with Crippen LogP contribution in [0.15, 0.2) is 0 Å². The van der Waals surface area contributed by atoms with E-state index in [2.05, 4.69) is 5.32 Å². The average molecular weight is 475 g/mol. The minimum Gasteiger partial charge on any atom is -0.480 e. The smallest absolute Gasteiger partial charge is 0.408 e. The monoisotopic (exact) mass is 474 g/mol. The summed E-state index contributed by atoms with van der Waals surface area (Å²) in [6, 6.07) is -1.88. The molecule has 2 N–H and O–H groups in total. The third-order valence-corrected chi connectivity index (χ3v) is 6.45. The quantitative estimate of drug-likeness (QED) is 0.200. The van der Waals surface area contributed by atoms with Gasteiger partial charge in [-0.05, 0) is 47.5 Å². The lowest BCUT2D eigenvalue weighted by molar-refractivity contribution is -0.152. The number of Topliss-reactive ketones (excluding diaryl/α,β-unsaturated/α-hetero) is 1. The van der Waals surface area contributed by atoms with Crippen molar-refractivity contribution in [3.05, 3.63) is 0 Å². The van der Waals surface area contributed by atoms with Crippen molar-refractivity contribution in [2.24, 2.45) is 5.92 Å². The van der Waals surface area contributed by atoms with Crippen molar-refractivity contribution in [2.45, 2.75) is 82.9 Å². The first-order valence-electron chi connectivity index (χ1n) is 10.4. The van der Waals surface area contributed by atoms with Crippen molar-refractivity contribution in [3.63, 3.8) is 0 Å². The van der Waals surface area contributed by atoms with Gasteiger partial charge in [0.1, 0.15) is 23.6 Å². The first-order valence-corrected chi connectivity index (χ1v) is 11.4. The molecule has 1 aliphatic heterocycles. The van der Waals surface area contributed by atoms with Gasteiger partial charge in [0.05, 0.1) is 12.0 Å². The molecule has 2 unspecified atom stereocenters. The number of hydrogen-bond donors (Lipinski definition) is 2. The summed E-state index contributed by atoms with van der Waals surface area (Å²) in [6.45, 7) is 8.67. The van der Waals surface area contributed by atoms with Crippen molar-refractivity contribution >= 4 is 42.0 Å². The van der Waals surface area contributed by atoms with Gasteiger partial charge in [0.2, 0.25) is 6.41 Å². The van der Waals surface area contributed by atoms with Crippen molar-refractivity contribution in [1.82, 2.24) is 10.2 Å². The van der Waals surface area contributed by atoms with E-state index in [1.54, 1.807) is 20.8 Å². The van der Waals surface area contributed by atoms with Gasteiger partial charge in [-0.3, -0.25) is 14.4 Å². The van der Waals surface area contributed by atoms with Crippen LogP contribution in [0, 0.1) is 5.92 Å². The van der Waals surface area contributed by atoms with Crippen LogP contribution in [0.2, 0.25) is 0 Å². The second-order valence-corrected chi connectivity index (χ2v) is 10.7. The second-order valence-electron chi connectivity index (χ2n) is 9.09. The van der Waals surface area contributed by atoms with Gasteiger partial charge in [-0.1, -0.05) is 12.8 Å². The number of aliphatic carboxylic acids is 1. The van der Waals surface area contributed by atoms with Gasteiger partial charge < -0.3 is 24.8 Å². The van der Waals surface area contributed by atoms with E-state index in [0.29, 0.717) is 25.0 Å². The normalized spacial score (nSPS) is 19.6. The number of carbonyl (C=O) groups is 5. The van der Waals surface area contributed by atoms with E-state index in [9.17, 15) is 29.1 Å². The number of thioether (sulfide) groups is 1. The summed E-state index contributed by atoms with van der Waals surface area (Å²) < 4.78 is 9.87. The van der Waals surface area contributed by atoms with Crippen LogP contribution in [0.4, 0.5) is 4.79 Å². The van der Waals surface area contributed by atoms with Gasteiger partial charge in [0, 0.05) is 5.75 Å². The number of nitrogens with one attached hydrogen (secondary N) is 1. The van der Waals surface area contributed by atoms with Gasteiger partial charge in [0.25, 0.3) is 0 Å². The number of ketones is 1. The third-order valence-electron chi connectivity index (χ3n) is 5.05. The minimum absolute atomic E-state index is 0.101. The Morgan fingerprint density at radius 2 is 1.81 bits per heavy atom. The molecule has 0 aromatic heterocycles. The topological polar surface area (TPSA) is 139 Å². The number of unbranched alkanes of at least 4 members (excludes halogenated alkanes) is 1. The van der Waals surface area contributed by atoms with Gasteiger partial charge in [0.15, 0.2) is 5.78 Å². The molecular weight excluding hydrogens is 440 g/mol. The number of ether oxygens (including phenoxy) is 2. The number of carbonyl (C=O) groups excluding carboxylic acids is 4. The summed E-state index contributed by atoms with van der Waals surface area (Å²) in [7, 11) is 1.19. The molecule has 1 aliphatic rings. The molecule has 2 amide bonds. The van der Waals surface area contributed by atoms with E-state index < -0.39 is 46.5 Å². The Balaban J connectivity index is 2.71. The molecule has 1 fully saturated rings. The SMILES string of the molecule is COC(=O)C(CCCC[C@H](NC(=O)OC(C)(C)C)C(=O)O)C(=O)C1CSC(C)(C)N1C=O. The molecular formula is C21H34N2O8S. The fourth-order valence-corrected chi connectivity index (χ4v) is 4.60. The predicted molar refractivity (Wildman–Crippen MR) is 118 cm³/mol. The summed E-state index contributed by atoms with van der Waals surface area (Å²) in [5.41, 5.74) is -0.760. The van der Waals surface area contributed by atoms with Crippen LogP contribution in [0.1, 0.15) is 60.3 Å². The second kappa shape index (κ2) is 11.5. The Morgan fingerprint density at radius 3 is 2.31 bits per heavy atom. The first kappa shape index (κ1) is 27.7. The van der Waals surface area contributed by atoms with Crippen molar-refractivity contribution in [3.8, 4) is 0 Å². The molecule has 0 spiro atoms. The lowest BCUT2D eigenvalue weighted by Gasteiger charge is -2.31. The van der Waals surface area contributed by atoms with Gasteiger partial charge in [-0.25, -0.2) is 9.59 Å². The molecule has 1 saturated heterocycles. The van der Waals surface area contributed by atoms with E-state index in [4.69, 9.17) is 9.47 Å². The maximum Gasteiger partial charge on any atom is 0.408 e. The van der Waals surface area contributed by atoms with Crippen LogP contribution in [-0.4, -0.2) is 75.6 Å². The Hall–Kier alpha value is -2.30. The number of methoxy groups -OCH3 is 1. The number of amides is 2. The molecule has 182 valence electrons. The molecule has 0 bridgehead atoms. The molecule has 3 atom stereocenters. The van der Waals surface area contributed by atoms with Crippen molar-refractivity contribution < 1.29 is 38.6 Å². The van der Waals surface area contributed by atoms with Gasteiger partial charge in [-0.2, -0.15) is 0 Å². The first-order chi connectivity index (χ1) is 14.7. The number of carboxylic acid groups (broad SMARTS) is 1. The molecule has 0 saturated carbocycles. The van der Waals surface area contributed by atoms with E-state index >= 15 is 0 Å². The molecule has 0 aliphatic carbocycles.